The summed E-state index contributed by atoms with van der Waals surface area (Å²) in [5, 5.41) is 7.46. The first-order chi connectivity index (χ1) is 18.7. The lowest BCUT2D eigenvalue weighted by atomic mass is 9.78. The van der Waals surface area contributed by atoms with Crippen molar-refractivity contribution >= 4 is 40.8 Å². The second-order valence-electron chi connectivity index (χ2n) is 9.58. The normalized spacial score (nSPS) is 19.3. The van der Waals surface area contributed by atoms with E-state index in [0.717, 1.165) is 23.3 Å². The number of fused-ring (bicyclic) bond motifs is 3. The van der Waals surface area contributed by atoms with Crippen molar-refractivity contribution in [2.24, 2.45) is 4.99 Å². The van der Waals surface area contributed by atoms with E-state index in [0.29, 0.717) is 29.8 Å². The fourth-order valence-corrected chi connectivity index (χ4v) is 5.72. The van der Waals surface area contributed by atoms with Gasteiger partial charge in [-0.2, -0.15) is 13.2 Å². The van der Waals surface area contributed by atoms with Gasteiger partial charge in [0.1, 0.15) is 0 Å². The molecule has 0 fully saturated rings. The van der Waals surface area contributed by atoms with Gasteiger partial charge >= 0.3 is 6.18 Å². The minimum atomic E-state index is -4.63. The third-order valence-corrected chi connectivity index (χ3v) is 7.58. The van der Waals surface area contributed by atoms with Gasteiger partial charge in [0, 0.05) is 37.6 Å². The van der Waals surface area contributed by atoms with E-state index in [1.54, 1.807) is 56.4 Å². The van der Waals surface area contributed by atoms with E-state index in [-0.39, 0.29) is 24.3 Å². The molecule has 0 bridgehead atoms. The number of benzene rings is 3. The number of hydrogen-bond donors (Lipinski definition) is 1. The Kier molecular flexibility index (Phi) is 6.62. The Morgan fingerprint density at radius 2 is 1.77 bits per heavy atom. The molecular weight excluding hydrogens is 505 g/mol. The minimum Gasteiger partial charge on any atom is -0.313 e. The number of rotatable bonds is 5. The fraction of sp³-hybridized carbons (Fsp3) is 0.267. The van der Waals surface area contributed by atoms with Gasteiger partial charge in [-0.3, -0.25) is 19.5 Å². The van der Waals surface area contributed by atoms with E-state index < -0.39 is 29.0 Å². The van der Waals surface area contributed by atoms with Crippen molar-refractivity contribution < 1.29 is 22.8 Å². The molecule has 0 saturated carbocycles. The maximum atomic E-state index is 14.6. The van der Waals surface area contributed by atoms with Crippen LogP contribution >= 0.6 is 0 Å². The van der Waals surface area contributed by atoms with Gasteiger partial charge < -0.3 is 10.3 Å². The molecule has 9 heteroatoms. The lowest BCUT2D eigenvalue weighted by Crippen LogP contribution is -2.53. The number of amides is 2. The Labute approximate surface area is 224 Å². The van der Waals surface area contributed by atoms with Crippen LogP contribution in [0, 0.1) is 5.41 Å². The summed E-state index contributed by atoms with van der Waals surface area (Å²) in [6.07, 6.45) is -2.39. The number of hydrogen-bond acceptors (Lipinski definition) is 4. The lowest BCUT2D eigenvalue weighted by molar-refractivity contribution is -0.138. The van der Waals surface area contributed by atoms with Crippen molar-refractivity contribution in [1.29, 1.82) is 5.41 Å². The standard InChI is InChI=1S/C30H27F3N4O2/c1-3-36-25-12-10-21(30(31,32)33)18-26(25)37(22-7-5-4-6-8-22)28(39)29(27(36)38)15-13-19-17-20(9-11-23(19)29)24(35-2)14-16-34/h4-12,16-18,34H,3,13-15H2,1-2H3. The molecule has 1 aliphatic heterocycles. The van der Waals surface area contributed by atoms with Crippen LogP contribution in [0.25, 0.3) is 0 Å². The highest BCUT2D eigenvalue weighted by atomic mass is 19.4. The van der Waals surface area contributed by atoms with Crippen LogP contribution < -0.4 is 9.80 Å². The molecule has 3 aromatic rings. The molecule has 2 aliphatic rings. The lowest BCUT2D eigenvalue weighted by Gasteiger charge is -2.32. The second-order valence-corrected chi connectivity index (χ2v) is 9.58. The smallest absolute Gasteiger partial charge is 0.313 e. The second kappa shape index (κ2) is 9.80. The van der Waals surface area contributed by atoms with E-state index in [2.05, 4.69) is 4.99 Å². The van der Waals surface area contributed by atoms with Crippen LogP contribution in [-0.2, 0) is 27.6 Å². The van der Waals surface area contributed by atoms with E-state index in [9.17, 15) is 22.8 Å². The molecular formula is C30H27F3N4O2. The van der Waals surface area contributed by atoms with Gasteiger partial charge in [-0.05, 0) is 72.9 Å². The van der Waals surface area contributed by atoms with E-state index in [1.165, 1.54) is 22.1 Å². The van der Waals surface area contributed by atoms with Crippen molar-refractivity contribution in [3.05, 3.63) is 89.0 Å². The predicted octanol–water partition coefficient (Wildman–Crippen LogP) is 6.08. The molecule has 2 amide bonds. The van der Waals surface area contributed by atoms with Gasteiger partial charge in [0.05, 0.1) is 16.9 Å². The van der Waals surface area contributed by atoms with Crippen molar-refractivity contribution in [3.8, 4) is 0 Å². The zero-order valence-corrected chi connectivity index (χ0v) is 21.5. The Morgan fingerprint density at radius 3 is 2.41 bits per heavy atom. The minimum absolute atomic E-state index is 0.0181. The number of anilines is 3. The average molecular weight is 533 g/mol. The molecule has 0 radical (unpaired) electrons. The first-order valence-electron chi connectivity index (χ1n) is 12.7. The Hall–Kier alpha value is -4.27. The molecule has 3 aromatic carbocycles. The molecule has 1 spiro atoms. The zero-order valence-electron chi connectivity index (χ0n) is 21.5. The maximum absolute atomic E-state index is 14.6. The van der Waals surface area contributed by atoms with Crippen molar-refractivity contribution in [1.82, 2.24) is 0 Å². The SMILES string of the molecule is CCN1C(=O)C2(CCc3cc(C(CC=N)=NC)ccc32)C(=O)N(c2ccccc2)c2cc(C(F)(F)F)ccc21. The number of halogens is 3. The van der Waals surface area contributed by atoms with Crippen LogP contribution in [0.2, 0.25) is 0 Å². The van der Waals surface area contributed by atoms with E-state index in [1.807, 2.05) is 6.07 Å². The molecule has 1 N–H and O–H groups in total. The average Bonchev–Trinajstić information content (AvgIpc) is 3.29. The summed E-state index contributed by atoms with van der Waals surface area (Å²) >= 11 is 0. The largest absolute Gasteiger partial charge is 0.416 e. The summed E-state index contributed by atoms with van der Waals surface area (Å²) < 4.78 is 41.4. The molecule has 6 nitrogen and oxygen atoms in total. The number of nitrogens with one attached hydrogen (secondary N) is 1. The summed E-state index contributed by atoms with van der Waals surface area (Å²) in [6, 6.07) is 17.1. The summed E-state index contributed by atoms with van der Waals surface area (Å²) in [4.78, 5) is 36.0. The highest BCUT2D eigenvalue weighted by Gasteiger charge is 2.57. The maximum Gasteiger partial charge on any atom is 0.416 e. The number of nitrogens with zero attached hydrogens (tertiary/aromatic N) is 3. The van der Waals surface area contributed by atoms with Gasteiger partial charge in [0.25, 0.3) is 5.91 Å². The van der Waals surface area contributed by atoms with E-state index >= 15 is 0 Å². The molecule has 200 valence electrons. The third-order valence-electron chi connectivity index (χ3n) is 7.58. The number of carbonyl (C=O) groups excluding carboxylic acids is 2. The monoisotopic (exact) mass is 532 g/mol. The van der Waals surface area contributed by atoms with Gasteiger partial charge in [-0.15, -0.1) is 0 Å². The van der Waals surface area contributed by atoms with Gasteiger partial charge in [-0.25, -0.2) is 0 Å². The number of alkyl halides is 3. The molecule has 5 rings (SSSR count). The van der Waals surface area contributed by atoms with Crippen LogP contribution in [0.15, 0.2) is 71.7 Å². The number of aliphatic imine (C=N–C) groups is 1. The first-order valence-corrected chi connectivity index (χ1v) is 12.7. The number of likely N-dealkylation sites (N-methyl/N-ethyl adjacent to an activating group) is 1. The molecule has 1 heterocycles. The summed E-state index contributed by atoms with van der Waals surface area (Å²) in [7, 11) is 1.65. The first kappa shape index (κ1) is 26.3. The summed E-state index contributed by atoms with van der Waals surface area (Å²) in [6.45, 7) is 1.92. The van der Waals surface area contributed by atoms with Crippen LogP contribution in [0.5, 0.6) is 0 Å². The van der Waals surface area contributed by atoms with Gasteiger partial charge in [0.15, 0.2) is 5.41 Å². The molecule has 0 saturated heterocycles. The summed E-state index contributed by atoms with van der Waals surface area (Å²) in [5.41, 5.74) is 1.01. The quantitative estimate of drug-likeness (QED) is 0.319. The third kappa shape index (κ3) is 4.13. The van der Waals surface area contributed by atoms with Crippen LogP contribution in [0.4, 0.5) is 30.2 Å². The molecule has 1 aliphatic carbocycles. The Morgan fingerprint density at radius 1 is 1.03 bits per heavy atom. The highest BCUT2D eigenvalue weighted by Crippen LogP contribution is 2.50. The van der Waals surface area contributed by atoms with Crippen molar-refractivity contribution in [2.45, 2.75) is 37.8 Å². The Bertz CT molecular complexity index is 1500. The van der Waals surface area contributed by atoms with Crippen molar-refractivity contribution in [3.63, 3.8) is 0 Å². The van der Waals surface area contributed by atoms with Crippen LogP contribution in [0.1, 0.15) is 42.0 Å². The molecule has 0 aromatic heterocycles. The number of para-hydroxylation sites is 1. The summed E-state index contributed by atoms with van der Waals surface area (Å²) in [5.74, 6) is -1.03. The van der Waals surface area contributed by atoms with Gasteiger partial charge in [0.2, 0.25) is 5.91 Å². The van der Waals surface area contributed by atoms with Crippen molar-refractivity contribution in [2.75, 3.05) is 23.4 Å². The fourth-order valence-electron chi connectivity index (χ4n) is 5.72. The van der Waals surface area contributed by atoms with Crippen LogP contribution in [-0.4, -0.2) is 37.3 Å². The van der Waals surface area contributed by atoms with Crippen LogP contribution in [0.3, 0.4) is 0 Å². The Balaban J connectivity index is 1.76. The molecule has 1 unspecified atom stereocenters. The zero-order chi connectivity index (χ0) is 27.9. The van der Waals surface area contributed by atoms with Gasteiger partial charge in [-0.1, -0.05) is 30.3 Å². The molecule has 1 atom stereocenters. The highest BCUT2D eigenvalue weighted by molar-refractivity contribution is 6.27. The number of aryl methyl sites for hydroxylation is 1. The molecule has 39 heavy (non-hydrogen) atoms. The van der Waals surface area contributed by atoms with E-state index in [4.69, 9.17) is 5.41 Å². The predicted molar refractivity (Wildman–Crippen MR) is 145 cm³/mol. The number of carbonyl (C=O) groups is 2. The topological polar surface area (TPSA) is 76.8 Å².